The first-order valence-corrected chi connectivity index (χ1v) is 8.92. The summed E-state index contributed by atoms with van der Waals surface area (Å²) in [5.74, 6) is 0.342. The van der Waals surface area contributed by atoms with Gasteiger partial charge < -0.3 is 5.32 Å². The first-order valence-electron chi connectivity index (χ1n) is 6.91. The van der Waals surface area contributed by atoms with Crippen molar-refractivity contribution < 1.29 is 13.2 Å². The van der Waals surface area contributed by atoms with Crippen molar-refractivity contribution in [1.82, 2.24) is 10.0 Å². The van der Waals surface area contributed by atoms with Gasteiger partial charge in [0.1, 0.15) is 0 Å². The lowest BCUT2D eigenvalue weighted by atomic mass is 10.2. The van der Waals surface area contributed by atoms with Gasteiger partial charge in [-0.25, -0.2) is 13.1 Å². The number of rotatable bonds is 9. The smallest absolute Gasteiger partial charge is 0.240 e. The third kappa shape index (κ3) is 6.46. The molecule has 0 aliphatic carbocycles. The topological polar surface area (TPSA) is 75.3 Å². The van der Waals surface area contributed by atoms with Crippen molar-refractivity contribution >= 4 is 27.5 Å². The van der Waals surface area contributed by atoms with E-state index >= 15 is 0 Å². The maximum absolute atomic E-state index is 12.0. The van der Waals surface area contributed by atoms with Crippen LogP contribution in [0, 0.1) is 0 Å². The molecule has 0 atom stereocenters. The Balaban J connectivity index is 2.51. The van der Waals surface area contributed by atoms with E-state index in [4.69, 9.17) is 11.6 Å². The van der Waals surface area contributed by atoms with Crippen molar-refractivity contribution in [2.75, 3.05) is 19.0 Å². The molecule has 2 N–H and O–H groups in total. The lowest BCUT2D eigenvalue weighted by Gasteiger charge is -2.08. The molecule has 0 heterocycles. The molecule has 0 unspecified atom stereocenters. The number of benzene rings is 1. The molecule has 0 fully saturated rings. The van der Waals surface area contributed by atoms with Crippen LogP contribution in [0.25, 0.3) is 0 Å². The van der Waals surface area contributed by atoms with Gasteiger partial charge >= 0.3 is 0 Å². The Morgan fingerprint density at radius 1 is 1.19 bits per heavy atom. The Hall–Kier alpha value is -1.11. The van der Waals surface area contributed by atoms with E-state index in [1.807, 2.05) is 6.92 Å². The third-order valence-electron chi connectivity index (χ3n) is 2.83. The van der Waals surface area contributed by atoms with Gasteiger partial charge in [-0.05, 0) is 30.5 Å². The highest BCUT2D eigenvalue weighted by atomic mass is 35.5. The summed E-state index contributed by atoms with van der Waals surface area (Å²) >= 11 is 5.63. The van der Waals surface area contributed by atoms with Gasteiger partial charge in [0.25, 0.3) is 0 Å². The van der Waals surface area contributed by atoms with Gasteiger partial charge in [-0.2, -0.15) is 0 Å². The Morgan fingerprint density at radius 2 is 1.86 bits per heavy atom. The number of alkyl halides is 1. The van der Waals surface area contributed by atoms with Crippen LogP contribution in [0.4, 0.5) is 0 Å². The molecule has 118 valence electrons. The van der Waals surface area contributed by atoms with E-state index in [0.717, 1.165) is 12.0 Å². The zero-order chi connectivity index (χ0) is 15.7. The van der Waals surface area contributed by atoms with Crippen molar-refractivity contribution in [3.8, 4) is 0 Å². The number of amides is 1. The third-order valence-corrected chi connectivity index (χ3v) is 4.50. The average Bonchev–Trinajstić information content (AvgIpc) is 2.46. The second kappa shape index (κ2) is 9.02. The van der Waals surface area contributed by atoms with E-state index in [9.17, 15) is 13.2 Å². The zero-order valence-corrected chi connectivity index (χ0v) is 13.6. The predicted octanol–water partition coefficient (Wildman–Crippen LogP) is 1.66. The van der Waals surface area contributed by atoms with E-state index in [0.29, 0.717) is 18.8 Å². The molecule has 0 saturated carbocycles. The second-order valence-corrected chi connectivity index (χ2v) is 6.73. The van der Waals surface area contributed by atoms with E-state index in [-0.39, 0.29) is 23.8 Å². The first kappa shape index (κ1) is 17.9. The minimum atomic E-state index is -3.57. The molecule has 1 amide bonds. The number of hydrogen-bond donors (Lipinski definition) is 2. The molecule has 0 spiro atoms. The summed E-state index contributed by atoms with van der Waals surface area (Å²) in [6.45, 7) is 2.64. The van der Waals surface area contributed by atoms with Crippen LogP contribution in [0.15, 0.2) is 29.2 Å². The van der Waals surface area contributed by atoms with E-state index in [1.165, 1.54) is 0 Å². The van der Waals surface area contributed by atoms with Crippen LogP contribution in [0.2, 0.25) is 0 Å². The fourth-order valence-corrected chi connectivity index (χ4v) is 2.93. The standard InChI is InChI=1S/C14H21ClN2O3S/c1-2-10-16-14(18)8-11-17-21(19,20)13-5-3-12(4-6-13)7-9-15/h3-6,17H,2,7-11H2,1H3,(H,16,18). The number of hydrogen-bond acceptors (Lipinski definition) is 3. The van der Waals surface area contributed by atoms with Crippen molar-refractivity contribution in [1.29, 1.82) is 0 Å². The van der Waals surface area contributed by atoms with Crippen LogP contribution in [0.5, 0.6) is 0 Å². The summed E-state index contributed by atoms with van der Waals surface area (Å²) < 4.78 is 26.5. The molecule has 5 nitrogen and oxygen atoms in total. The largest absolute Gasteiger partial charge is 0.356 e. The fourth-order valence-electron chi connectivity index (χ4n) is 1.68. The van der Waals surface area contributed by atoms with Crippen LogP contribution in [-0.4, -0.2) is 33.3 Å². The van der Waals surface area contributed by atoms with Crippen LogP contribution >= 0.6 is 11.6 Å². The highest BCUT2D eigenvalue weighted by Crippen LogP contribution is 2.11. The first-order chi connectivity index (χ1) is 9.99. The van der Waals surface area contributed by atoms with Gasteiger partial charge in [-0.1, -0.05) is 19.1 Å². The van der Waals surface area contributed by atoms with Crippen LogP contribution < -0.4 is 10.0 Å². The van der Waals surface area contributed by atoms with Crippen LogP contribution in [0.1, 0.15) is 25.3 Å². The van der Waals surface area contributed by atoms with Crippen LogP contribution in [0.3, 0.4) is 0 Å². The molecule has 21 heavy (non-hydrogen) atoms. The molecule has 0 aliphatic heterocycles. The molecule has 1 aromatic rings. The molecule has 0 aromatic heterocycles. The maximum Gasteiger partial charge on any atom is 0.240 e. The summed E-state index contributed by atoms with van der Waals surface area (Å²) in [7, 11) is -3.57. The Kier molecular flexibility index (Phi) is 7.71. The van der Waals surface area contributed by atoms with Gasteiger partial charge in [0.2, 0.25) is 15.9 Å². The summed E-state index contributed by atoms with van der Waals surface area (Å²) in [5.41, 5.74) is 0.989. The van der Waals surface area contributed by atoms with E-state index in [2.05, 4.69) is 10.0 Å². The highest BCUT2D eigenvalue weighted by Gasteiger charge is 2.13. The molecule has 0 bridgehead atoms. The summed E-state index contributed by atoms with van der Waals surface area (Å²) in [6, 6.07) is 6.57. The number of sulfonamides is 1. The Morgan fingerprint density at radius 3 is 2.43 bits per heavy atom. The molecule has 0 saturated heterocycles. The number of carbonyl (C=O) groups is 1. The zero-order valence-electron chi connectivity index (χ0n) is 12.1. The summed E-state index contributed by atoms with van der Waals surface area (Å²) in [5, 5.41) is 2.69. The minimum absolute atomic E-state index is 0.0846. The van der Waals surface area contributed by atoms with Gasteiger partial charge in [0.05, 0.1) is 4.90 Å². The monoisotopic (exact) mass is 332 g/mol. The molecular weight excluding hydrogens is 312 g/mol. The quantitative estimate of drug-likeness (QED) is 0.675. The van der Waals surface area contributed by atoms with E-state index in [1.54, 1.807) is 24.3 Å². The van der Waals surface area contributed by atoms with Crippen molar-refractivity contribution in [2.45, 2.75) is 31.1 Å². The number of carbonyl (C=O) groups excluding carboxylic acids is 1. The molecule has 0 radical (unpaired) electrons. The van der Waals surface area contributed by atoms with Gasteiger partial charge in [-0.3, -0.25) is 4.79 Å². The molecule has 1 rings (SSSR count). The van der Waals surface area contributed by atoms with Gasteiger partial charge in [-0.15, -0.1) is 11.6 Å². The number of halogens is 1. The van der Waals surface area contributed by atoms with Crippen LogP contribution in [-0.2, 0) is 21.2 Å². The Bertz CT molecular complexity index is 544. The molecule has 7 heteroatoms. The normalized spacial score (nSPS) is 11.3. The van der Waals surface area contributed by atoms with E-state index < -0.39 is 10.0 Å². The lowest BCUT2D eigenvalue weighted by Crippen LogP contribution is -2.31. The predicted molar refractivity (Wildman–Crippen MR) is 84.0 cm³/mol. The van der Waals surface area contributed by atoms with Crippen molar-refractivity contribution in [3.05, 3.63) is 29.8 Å². The SMILES string of the molecule is CCCNC(=O)CCNS(=O)(=O)c1ccc(CCCl)cc1. The fraction of sp³-hybridized carbons (Fsp3) is 0.500. The molecule has 1 aromatic carbocycles. The minimum Gasteiger partial charge on any atom is -0.356 e. The van der Waals surface area contributed by atoms with Crippen molar-refractivity contribution in [3.63, 3.8) is 0 Å². The van der Waals surface area contributed by atoms with Gasteiger partial charge in [0, 0.05) is 25.4 Å². The van der Waals surface area contributed by atoms with Gasteiger partial charge in [0.15, 0.2) is 0 Å². The Labute approximate surface area is 131 Å². The molecule has 0 aliphatic rings. The highest BCUT2D eigenvalue weighted by molar-refractivity contribution is 7.89. The summed E-state index contributed by atoms with van der Waals surface area (Å²) in [6.07, 6.45) is 1.68. The average molecular weight is 333 g/mol. The van der Waals surface area contributed by atoms with Crippen molar-refractivity contribution in [2.24, 2.45) is 0 Å². The molecular formula is C14H21ClN2O3S. The number of aryl methyl sites for hydroxylation is 1. The lowest BCUT2D eigenvalue weighted by molar-refractivity contribution is -0.120. The maximum atomic E-state index is 12.0. The summed E-state index contributed by atoms with van der Waals surface area (Å²) in [4.78, 5) is 11.6. The second-order valence-electron chi connectivity index (χ2n) is 4.58. The number of nitrogens with one attached hydrogen (secondary N) is 2.